The molecule has 0 unspecified atom stereocenters. The Hall–Kier alpha value is -4.89. The molecule has 1 aliphatic rings. The second kappa shape index (κ2) is 12.1. The zero-order valence-electron chi connectivity index (χ0n) is 24.1. The number of carbonyl (C=O) groups is 1. The number of β-amino-alcohol motifs (C(OH)–C–C–N with tert-alkyl or cyclic N) is 1. The van der Waals surface area contributed by atoms with E-state index < -0.39 is 6.10 Å². The lowest BCUT2D eigenvalue weighted by Crippen LogP contribution is -2.30. The van der Waals surface area contributed by atoms with E-state index in [1.54, 1.807) is 35.9 Å². The number of methoxy groups -OCH3 is 2. The third-order valence-corrected chi connectivity index (χ3v) is 7.93. The summed E-state index contributed by atoms with van der Waals surface area (Å²) in [6.45, 7) is 1.16. The number of halogens is 1. The number of anilines is 1. The fourth-order valence-electron chi connectivity index (χ4n) is 5.71. The number of hydrogen-bond acceptors (Lipinski definition) is 6. The third-order valence-electron chi connectivity index (χ3n) is 7.93. The Morgan fingerprint density at radius 2 is 1.60 bits per heavy atom. The molecule has 8 nitrogen and oxygen atoms in total. The van der Waals surface area contributed by atoms with Crippen LogP contribution in [-0.2, 0) is 13.1 Å². The van der Waals surface area contributed by atoms with Gasteiger partial charge in [0.2, 0.25) is 0 Å². The van der Waals surface area contributed by atoms with Crippen LogP contribution in [-0.4, -0.2) is 52.4 Å². The van der Waals surface area contributed by atoms with Gasteiger partial charge < -0.3 is 24.4 Å². The third kappa shape index (κ3) is 6.03. The van der Waals surface area contributed by atoms with E-state index in [4.69, 9.17) is 9.47 Å². The molecule has 3 heterocycles. The summed E-state index contributed by atoms with van der Waals surface area (Å²) in [5.74, 6) is 1.01. The first kappa shape index (κ1) is 28.2. The molecule has 2 atom stereocenters. The number of amides is 1. The summed E-state index contributed by atoms with van der Waals surface area (Å²) in [5, 5.41) is 15.0. The predicted octanol–water partition coefficient (Wildman–Crippen LogP) is 5.65. The van der Waals surface area contributed by atoms with Gasteiger partial charge in [-0.25, -0.2) is 8.91 Å². The molecular formula is C34H33FN4O4. The van der Waals surface area contributed by atoms with Crippen LogP contribution in [0.3, 0.4) is 0 Å². The van der Waals surface area contributed by atoms with Gasteiger partial charge >= 0.3 is 0 Å². The summed E-state index contributed by atoms with van der Waals surface area (Å²) >= 11 is 0. The van der Waals surface area contributed by atoms with E-state index in [2.05, 4.69) is 10.00 Å². The quantitative estimate of drug-likeness (QED) is 0.243. The average Bonchev–Trinajstić information content (AvgIpc) is 3.64. The van der Waals surface area contributed by atoms with Gasteiger partial charge in [0.1, 0.15) is 17.3 Å². The van der Waals surface area contributed by atoms with Crippen LogP contribution >= 0.6 is 0 Å². The lowest BCUT2D eigenvalue weighted by molar-refractivity contribution is 0.0732. The number of aromatic nitrogens is 2. The van der Waals surface area contributed by atoms with Crippen molar-refractivity contribution in [3.8, 4) is 11.5 Å². The summed E-state index contributed by atoms with van der Waals surface area (Å²) in [6, 6.07) is 25.4. The summed E-state index contributed by atoms with van der Waals surface area (Å²) in [7, 11) is 3.24. The Bertz CT molecular complexity index is 1670. The Morgan fingerprint density at radius 1 is 0.953 bits per heavy atom. The van der Waals surface area contributed by atoms with Gasteiger partial charge in [-0.1, -0.05) is 36.4 Å². The zero-order chi connectivity index (χ0) is 29.9. The molecule has 1 aliphatic heterocycles. The van der Waals surface area contributed by atoms with Crippen LogP contribution < -0.4 is 14.4 Å². The highest BCUT2D eigenvalue weighted by atomic mass is 19.1. The van der Waals surface area contributed by atoms with E-state index in [1.807, 2.05) is 72.9 Å². The van der Waals surface area contributed by atoms with Crippen molar-refractivity contribution in [3.05, 3.63) is 125 Å². The van der Waals surface area contributed by atoms with Gasteiger partial charge in [0.15, 0.2) is 0 Å². The highest BCUT2D eigenvalue weighted by Gasteiger charge is 2.33. The summed E-state index contributed by atoms with van der Waals surface area (Å²) in [4.78, 5) is 18.1. The van der Waals surface area contributed by atoms with E-state index in [1.165, 1.54) is 12.1 Å². The maximum absolute atomic E-state index is 14.2. The van der Waals surface area contributed by atoms with Crippen LogP contribution in [0, 0.1) is 5.82 Å². The molecule has 220 valence electrons. The van der Waals surface area contributed by atoms with Gasteiger partial charge in [0.25, 0.3) is 5.91 Å². The highest BCUT2D eigenvalue weighted by Crippen LogP contribution is 2.37. The van der Waals surface area contributed by atoms with Crippen LogP contribution in [0.15, 0.2) is 97.3 Å². The minimum atomic E-state index is -0.556. The summed E-state index contributed by atoms with van der Waals surface area (Å²) in [5.41, 5.74) is 4.66. The van der Waals surface area contributed by atoms with Gasteiger partial charge in [0.05, 0.1) is 43.6 Å². The Balaban J connectivity index is 1.33. The average molecular weight is 581 g/mol. The number of nitrogens with zero attached hydrogens (tertiary/aromatic N) is 4. The number of benzene rings is 3. The minimum Gasteiger partial charge on any atom is -0.497 e. The van der Waals surface area contributed by atoms with Crippen LogP contribution in [0.25, 0.3) is 5.52 Å². The Morgan fingerprint density at radius 3 is 2.21 bits per heavy atom. The molecule has 1 saturated heterocycles. The highest BCUT2D eigenvalue weighted by molar-refractivity contribution is 6.01. The second-order valence-corrected chi connectivity index (χ2v) is 10.7. The number of carbonyl (C=O) groups excluding carboxylic acids is 1. The molecule has 0 radical (unpaired) electrons. The number of aliphatic hydroxyl groups is 1. The Labute approximate surface area is 249 Å². The molecule has 0 saturated carbocycles. The lowest BCUT2D eigenvalue weighted by Gasteiger charge is -2.27. The molecule has 0 bridgehead atoms. The van der Waals surface area contributed by atoms with Crippen LogP contribution in [0.2, 0.25) is 0 Å². The van der Waals surface area contributed by atoms with E-state index in [-0.39, 0.29) is 17.8 Å². The maximum Gasteiger partial charge on any atom is 0.258 e. The van der Waals surface area contributed by atoms with Crippen molar-refractivity contribution in [2.45, 2.75) is 31.7 Å². The number of aliphatic hydroxyl groups excluding tert-OH is 1. The number of pyridine rings is 1. The standard InChI is InChI=1S/C34H33FN4O4/c1-42-29-10-6-23(7-11-29)20-37(21-24-8-12-30(43-2)13-9-24)34(41)31-19-36-39-15-14-27(17-33(31)39)38-22-28(40)18-32(38)25-4-3-5-26(35)16-25/h3-17,19,28,32,40H,18,20-22H2,1-2H3/t28-,32-/m1/s1. The van der Waals surface area contributed by atoms with Gasteiger partial charge in [-0.2, -0.15) is 5.10 Å². The number of hydrogen-bond donors (Lipinski definition) is 1. The minimum absolute atomic E-state index is 0.165. The maximum atomic E-state index is 14.2. The molecule has 0 spiro atoms. The van der Waals surface area contributed by atoms with E-state index in [9.17, 15) is 14.3 Å². The van der Waals surface area contributed by atoms with Gasteiger partial charge in [-0.05, 0) is 71.6 Å². The fourth-order valence-corrected chi connectivity index (χ4v) is 5.71. The number of rotatable bonds is 9. The molecule has 9 heteroatoms. The first-order chi connectivity index (χ1) is 20.9. The van der Waals surface area contributed by atoms with E-state index in [0.717, 1.165) is 33.9 Å². The van der Waals surface area contributed by atoms with Crippen molar-refractivity contribution in [1.29, 1.82) is 0 Å². The molecule has 1 fully saturated rings. The molecule has 1 amide bonds. The molecule has 0 aliphatic carbocycles. The zero-order valence-corrected chi connectivity index (χ0v) is 24.1. The van der Waals surface area contributed by atoms with Crippen LogP contribution in [0.5, 0.6) is 11.5 Å². The molecule has 2 aromatic heterocycles. The van der Waals surface area contributed by atoms with Crippen molar-refractivity contribution in [2.75, 3.05) is 25.7 Å². The first-order valence-corrected chi connectivity index (χ1v) is 14.1. The molecule has 6 rings (SSSR count). The largest absolute Gasteiger partial charge is 0.497 e. The monoisotopic (exact) mass is 580 g/mol. The molecule has 3 aromatic carbocycles. The van der Waals surface area contributed by atoms with Gasteiger partial charge in [-0.15, -0.1) is 0 Å². The van der Waals surface area contributed by atoms with E-state index in [0.29, 0.717) is 37.1 Å². The number of ether oxygens (including phenoxy) is 2. The van der Waals surface area contributed by atoms with Crippen LogP contribution in [0.4, 0.5) is 10.1 Å². The summed E-state index contributed by atoms with van der Waals surface area (Å²) < 4.78 is 26.4. The SMILES string of the molecule is COc1ccc(CN(Cc2ccc(OC)cc2)C(=O)c2cnn3ccc(N4C[C@H](O)C[C@@H]4c4cccc(F)c4)cc23)cc1. The van der Waals surface area contributed by atoms with Gasteiger partial charge in [0, 0.05) is 31.5 Å². The second-order valence-electron chi connectivity index (χ2n) is 10.7. The van der Waals surface area contributed by atoms with Crippen molar-refractivity contribution in [1.82, 2.24) is 14.5 Å². The van der Waals surface area contributed by atoms with Crippen molar-refractivity contribution in [3.63, 3.8) is 0 Å². The van der Waals surface area contributed by atoms with Crippen molar-refractivity contribution >= 4 is 17.1 Å². The molecule has 1 N–H and O–H groups in total. The predicted molar refractivity (Wildman–Crippen MR) is 162 cm³/mol. The van der Waals surface area contributed by atoms with Crippen molar-refractivity contribution < 1.29 is 23.8 Å². The Kier molecular flexibility index (Phi) is 7.98. The topological polar surface area (TPSA) is 79.5 Å². The summed E-state index contributed by atoms with van der Waals surface area (Å²) in [6.07, 6.45) is 3.34. The number of fused-ring (bicyclic) bond motifs is 1. The first-order valence-electron chi connectivity index (χ1n) is 14.1. The fraction of sp³-hybridized carbons (Fsp3) is 0.235. The van der Waals surface area contributed by atoms with Gasteiger partial charge in [-0.3, -0.25) is 4.79 Å². The van der Waals surface area contributed by atoms with Crippen LogP contribution in [0.1, 0.15) is 39.5 Å². The normalized spacial score (nSPS) is 16.4. The lowest BCUT2D eigenvalue weighted by atomic mass is 10.0. The smallest absolute Gasteiger partial charge is 0.258 e. The molecule has 5 aromatic rings. The molecular weight excluding hydrogens is 547 g/mol. The molecule has 43 heavy (non-hydrogen) atoms. The van der Waals surface area contributed by atoms with Crippen molar-refractivity contribution in [2.24, 2.45) is 0 Å². The van der Waals surface area contributed by atoms with E-state index >= 15 is 0 Å².